The minimum atomic E-state index is -0.482. The van der Waals surface area contributed by atoms with Gasteiger partial charge in [-0.2, -0.15) is 0 Å². The van der Waals surface area contributed by atoms with Crippen LogP contribution in [0.5, 0.6) is 0 Å². The van der Waals surface area contributed by atoms with E-state index in [4.69, 9.17) is 10.5 Å². The molecule has 0 spiro atoms. The predicted molar refractivity (Wildman–Crippen MR) is 79.5 cm³/mol. The average molecular weight is 308 g/mol. The Balaban J connectivity index is 2.44. The van der Waals surface area contributed by atoms with E-state index < -0.39 is 5.97 Å². The second-order valence-electron chi connectivity index (χ2n) is 4.28. The number of nitrogens with one attached hydrogen (secondary N) is 1. The number of esters is 1. The fourth-order valence-electron chi connectivity index (χ4n) is 1.83. The zero-order valence-corrected chi connectivity index (χ0v) is 12.6. The van der Waals surface area contributed by atoms with Gasteiger partial charge in [-0.3, -0.25) is 4.57 Å². The largest absolute Gasteiger partial charge is 0.465 e. The Kier molecular flexibility index (Phi) is 4.69. The van der Waals surface area contributed by atoms with Crippen LogP contribution in [0.2, 0.25) is 0 Å². The summed E-state index contributed by atoms with van der Waals surface area (Å²) in [6.45, 7) is 2.50. The van der Waals surface area contributed by atoms with E-state index >= 15 is 0 Å². The summed E-state index contributed by atoms with van der Waals surface area (Å²) in [4.78, 5) is 24.0. The number of nitrogens with zero attached hydrogens (tertiary/aromatic N) is 2. The third kappa shape index (κ3) is 3.10. The molecule has 0 radical (unpaired) electrons. The normalized spacial score (nSPS) is 10.6. The number of hydrogen-bond donors (Lipinski definition) is 2. The molecule has 0 aliphatic rings. The molecule has 112 valence electrons. The zero-order valence-electron chi connectivity index (χ0n) is 11.8. The van der Waals surface area contributed by atoms with Gasteiger partial charge in [0, 0.05) is 12.2 Å². The molecule has 1 aromatic carbocycles. The molecule has 1 aromatic heterocycles. The molecule has 0 atom stereocenters. The summed E-state index contributed by atoms with van der Waals surface area (Å²) < 4.78 is 6.26. The number of methoxy groups -OCH3 is 1. The maximum atomic E-state index is 11.8. The summed E-state index contributed by atoms with van der Waals surface area (Å²) in [6, 6.07) is 4.98. The summed E-state index contributed by atoms with van der Waals surface area (Å²) >= 11 is 1.17. The van der Waals surface area contributed by atoms with Gasteiger partial charge in [-0.25, -0.2) is 14.7 Å². The van der Waals surface area contributed by atoms with E-state index in [2.05, 4.69) is 10.2 Å². The van der Waals surface area contributed by atoms with Crippen molar-refractivity contribution in [3.63, 3.8) is 0 Å². The van der Waals surface area contributed by atoms with Crippen molar-refractivity contribution < 1.29 is 9.53 Å². The number of anilines is 1. The molecular weight excluding hydrogens is 292 g/mol. The van der Waals surface area contributed by atoms with Crippen LogP contribution in [-0.4, -0.2) is 27.8 Å². The van der Waals surface area contributed by atoms with Crippen LogP contribution in [0.1, 0.15) is 23.7 Å². The fourth-order valence-corrected chi connectivity index (χ4v) is 2.84. The van der Waals surface area contributed by atoms with E-state index in [1.807, 2.05) is 6.92 Å². The second-order valence-corrected chi connectivity index (χ2v) is 5.26. The van der Waals surface area contributed by atoms with Crippen LogP contribution in [0.25, 0.3) is 0 Å². The SMILES string of the molecule is CCCn1c(Sc2c(N)cccc2C(=O)OC)n[nH]c1=O. The smallest absolute Gasteiger partial charge is 0.343 e. The molecule has 0 fully saturated rings. The van der Waals surface area contributed by atoms with Gasteiger partial charge in [-0.15, -0.1) is 5.10 Å². The topological polar surface area (TPSA) is 103 Å². The van der Waals surface area contributed by atoms with Crippen LogP contribution >= 0.6 is 11.8 Å². The first-order valence-electron chi connectivity index (χ1n) is 6.38. The van der Waals surface area contributed by atoms with Gasteiger partial charge in [0.25, 0.3) is 0 Å². The Morgan fingerprint density at radius 2 is 2.29 bits per heavy atom. The van der Waals surface area contributed by atoms with Crippen LogP contribution in [0, 0.1) is 0 Å². The van der Waals surface area contributed by atoms with E-state index in [9.17, 15) is 9.59 Å². The first-order chi connectivity index (χ1) is 10.1. The second kappa shape index (κ2) is 6.49. The Hall–Kier alpha value is -2.22. The molecule has 0 saturated carbocycles. The molecule has 2 aromatic rings. The first-order valence-corrected chi connectivity index (χ1v) is 7.20. The standard InChI is InChI=1S/C13H16N4O3S/c1-3-7-17-12(19)15-16-13(17)21-10-8(11(18)20-2)5-4-6-9(10)14/h4-6H,3,7,14H2,1-2H3,(H,15,19). The van der Waals surface area contributed by atoms with Gasteiger partial charge >= 0.3 is 11.7 Å². The van der Waals surface area contributed by atoms with E-state index in [0.717, 1.165) is 6.42 Å². The fraction of sp³-hybridized carbons (Fsp3) is 0.308. The summed E-state index contributed by atoms with van der Waals surface area (Å²) in [5.41, 5.74) is 6.43. The summed E-state index contributed by atoms with van der Waals surface area (Å²) in [5, 5.41) is 6.84. The van der Waals surface area contributed by atoms with Crippen LogP contribution in [-0.2, 0) is 11.3 Å². The highest BCUT2D eigenvalue weighted by Crippen LogP contribution is 2.33. The van der Waals surface area contributed by atoms with E-state index in [0.29, 0.717) is 27.8 Å². The number of carbonyl (C=O) groups excluding carboxylic acids is 1. The molecule has 2 rings (SSSR count). The van der Waals surface area contributed by atoms with Crippen molar-refractivity contribution in [1.29, 1.82) is 0 Å². The Morgan fingerprint density at radius 1 is 1.52 bits per heavy atom. The molecule has 7 nitrogen and oxygen atoms in total. The molecule has 3 N–H and O–H groups in total. The number of aromatic nitrogens is 3. The van der Waals surface area contributed by atoms with Crippen LogP contribution in [0.4, 0.5) is 5.69 Å². The van der Waals surface area contributed by atoms with Crippen molar-refractivity contribution in [2.45, 2.75) is 29.9 Å². The number of rotatable bonds is 5. The molecule has 0 unspecified atom stereocenters. The molecular formula is C13H16N4O3S. The molecule has 0 amide bonds. The lowest BCUT2D eigenvalue weighted by atomic mass is 10.2. The lowest BCUT2D eigenvalue weighted by Crippen LogP contribution is -2.17. The summed E-state index contributed by atoms with van der Waals surface area (Å²) in [6.07, 6.45) is 0.793. The van der Waals surface area contributed by atoms with E-state index in [-0.39, 0.29) is 5.69 Å². The monoisotopic (exact) mass is 308 g/mol. The van der Waals surface area contributed by atoms with Gasteiger partial charge in [-0.1, -0.05) is 13.0 Å². The van der Waals surface area contributed by atoms with Gasteiger partial charge in [0.1, 0.15) is 0 Å². The molecule has 0 aliphatic carbocycles. The van der Waals surface area contributed by atoms with Crippen molar-refractivity contribution in [1.82, 2.24) is 14.8 Å². The number of hydrogen-bond acceptors (Lipinski definition) is 6. The zero-order chi connectivity index (χ0) is 15.4. The number of nitrogens with two attached hydrogens (primary N) is 1. The molecule has 21 heavy (non-hydrogen) atoms. The van der Waals surface area contributed by atoms with Crippen molar-refractivity contribution >= 4 is 23.4 Å². The number of carbonyl (C=O) groups is 1. The quantitative estimate of drug-likeness (QED) is 0.641. The third-order valence-electron chi connectivity index (χ3n) is 2.81. The maximum Gasteiger partial charge on any atom is 0.343 e. The molecule has 0 bridgehead atoms. The summed E-state index contributed by atoms with van der Waals surface area (Å²) in [7, 11) is 1.31. The van der Waals surface area contributed by atoms with Gasteiger partial charge in [0.05, 0.1) is 17.6 Å². The van der Waals surface area contributed by atoms with E-state index in [1.54, 1.807) is 18.2 Å². The van der Waals surface area contributed by atoms with Crippen molar-refractivity contribution in [3.05, 3.63) is 34.2 Å². The van der Waals surface area contributed by atoms with Gasteiger partial charge in [-0.05, 0) is 30.3 Å². The minimum absolute atomic E-state index is 0.284. The van der Waals surface area contributed by atoms with Crippen molar-refractivity contribution in [2.75, 3.05) is 12.8 Å². The highest BCUT2D eigenvalue weighted by atomic mass is 32.2. The van der Waals surface area contributed by atoms with Crippen LogP contribution < -0.4 is 11.4 Å². The molecule has 1 heterocycles. The van der Waals surface area contributed by atoms with Crippen LogP contribution in [0.15, 0.2) is 33.0 Å². The molecule has 0 aliphatic heterocycles. The third-order valence-corrected chi connectivity index (χ3v) is 3.97. The minimum Gasteiger partial charge on any atom is -0.465 e. The van der Waals surface area contributed by atoms with Gasteiger partial charge in [0.2, 0.25) is 0 Å². The molecule has 8 heteroatoms. The predicted octanol–water partition coefficient (Wildman–Crippen LogP) is 1.50. The number of ether oxygens (including phenoxy) is 1. The number of nitrogen functional groups attached to an aromatic ring is 1. The van der Waals surface area contributed by atoms with Gasteiger partial charge < -0.3 is 10.5 Å². The highest BCUT2D eigenvalue weighted by Gasteiger charge is 2.18. The van der Waals surface area contributed by atoms with Gasteiger partial charge in [0.15, 0.2) is 5.16 Å². The van der Waals surface area contributed by atoms with Crippen molar-refractivity contribution in [3.8, 4) is 0 Å². The molecule has 0 saturated heterocycles. The number of benzene rings is 1. The Bertz CT molecular complexity index is 708. The highest BCUT2D eigenvalue weighted by molar-refractivity contribution is 7.99. The Morgan fingerprint density at radius 3 is 2.95 bits per heavy atom. The lowest BCUT2D eigenvalue weighted by molar-refractivity contribution is 0.0597. The number of aromatic amines is 1. The first kappa shape index (κ1) is 15.2. The van der Waals surface area contributed by atoms with Crippen molar-refractivity contribution in [2.24, 2.45) is 0 Å². The Labute approximate surface area is 125 Å². The average Bonchev–Trinajstić information content (AvgIpc) is 2.82. The van der Waals surface area contributed by atoms with Crippen LogP contribution in [0.3, 0.4) is 0 Å². The summed E-state index contributed by atoms with van der Waals surface area (Å²) in [5.74, 6) is -0.482. The maximum absolute atomic E-state index is 11.8. The lowest BCUT2D eigenvalue weighted by Gasteiger charge is -2.10. The number of H-pyrrole nitrogens is 1. The van der Waals surface area contributed by atoms with E-state index in [1.165, 1.54) is 23.4 Å².